The van der Waals surface area contributed by atoms with Crippen LogP contribution in [0, 0.1) is 5.82 Å². The number of aromatic hydroxyl groups is 1. The molecule has 0 aliphatic rings. The normalized spacial score (nSPS) is 10.3. The monoisotopic (exact) mass is 223 g/mol. The first-order valence-electron chi connectivity index (χ1n) is 4.27. The zero-order valence-corrected chi connectivity index (χ0v) is 7.85. The number of halogens is 1. The van der Waals surface area contributed by atoms with Gasteiger partial charge in [0.2, 0.25) is 0 Å². The van der Waals surface area contributed by atoms with Gasteiger partial charge in [0.1, 0.15) is 11.6 Å². The van der Waals surface area contributed by atoms with Crippen molar-refractivity contribution in [1.82, 2.24) is 5.16 Å². The van der Waals surface area contributed by atoms with Crippen molar-refractivity contribution in [2.24, 2.45) is 0 Å². The van der Waals surface area contributed by atoms with Gasteiger partial charge in [0, 0.05) is 12.1 Å². The predicted octanol–water partition coefficient (Wildman–Crippen LogP) is 1.88. The van der Waals surface area contributed by atoms with Crippen molar-refractivity contribution in [1.29, 1.82) is 0 Å². The van der Waals surface area contributed by atoms with Crippen LogP contribution >= 0.6 is 0 Å². The SMILES string of the molecule is O=C(O)c1cc(-c2ccc(O)cc2F)on1. The Bertz CT molecular complexity index is 550. The summed E-state index contributed by atoms with van der Waals surface area (Å²) in [6.45, 7) is 0. The van der Waals surface area contributed by atoms with Crippen LogP contribution < -0.4 is 0 Å². The number of hydrogen-bond donors (Lipinski definition) is 2. The summed E-state index contributed by atoms with van der Waals surface area (Å²) >= 11 is 0. The minimum Gasteiger partial charge on any atom is -0.508 e. The highest BCUT2D eigenvalue weighted by atomic mass is 19.1. The van der Waals surface area contributed by atoms with Crippen LogP contribution in [0.5, 0.6) is 5.75 Å². The molecule has 0 radical (unpaired) electrons. The van der Waals surface area contributed by atoms with Gasteiger partial charge >= 0.3 is 5.97 Å². The summed E-state index contributed by atoms with van der Waals surface area (Å²) in [5, 5.41) is 20.9. The summed E-state index contributed by atoms with van der Waals surface area (Å²) in [6.07, 6.45) is 0. The van der Waals surface area contributed by atoms with Gasteiger partial charge in [0.05, 0.1) is 5.56 Å². The quantitative estimate of drug-likeness (QED) is 0.812. The largest absolute Gasteiger partial charge is 0.508 e. The van der Waals surface area contributed by atoms with Gasteiger partial charge in [-0.3, -0.25) is 0 Å². The molecular formula is C10H6FNO4. The van der Waals surface area contributed by atoms with E-state index in [2.05, 4.69) is 9.68 Å². The highest BCUT2D eigenvalue weighted by molar-refractivity contribution is 5.86. The molecule has 0 spiro atoms. The van der Waals surface area contributed by atoms with Crippen LogP contribution in [0.4, 0.5) is 4.39 Å². The lowest BCUT2D eigenvalue weighted by Gasteiger charge is -1.98. The van der Waals surface area contributed by atoms with E-state index < -0.39 is 11.8 Å². The lowest BCUT2D eigenvalue weighted by molar-refractivity contribution is 0.0686. The van der Waals surface area contributed by atoms with Crippen molar-refractivity contribution >= 4 is 5.97 Å². The maximum atomic E-state index is 13.4. The molecule has 0 saturated carbocycles. The number of aromatic nitrogens is 1. The zero-order valence-electron chi connectivity index (χ0n) is 7.85. The molecule has 0 bridgehead atoms. The predicted molar refractivity (Wildman–Crippen MR) is 50.5 cm³/mol. The number of carboxylic acids is 1. The first-order valence-corrected chi connectivity index (χ1v) is 4.27. The minimum absolute atomic E-state index is 0.00472. The van der Waals surface area contributed by atoms with Crippen LogP contribution in [-0.4, -0.2) is 21.3 Å². The molecule has 0 atom stereocenters. The Balaban J connectivity index is 2.46. The first-order chi connectivity index (χ1) is 7.58. The van der Waals surface area contributed by atoms with E-state index in [-0.39, 0.29) is 22.8 Å². The molecule has 5 nitrogen and oxygen atoms in total. The van der Waals surface area contributed by atoms with Crippen LogP contribution in [0.2, 0.25) is 0 Å². The second-order valence-electron chi connectivity index (χ2n) is 3.05. The standard InChI is InChI=1S/C10H6FNO4/c11-7-3-5(13)1-2-6(7)9-4-8(10(14)15)12-16-9/h1-4,13H,(H,14,15). The van der Waals surface area contributed by atoms with Gasteiger partial charge < -0.3 is 14.7 Å². The summed E-state index contributed by atoms with van der Waals surface area (Å²) in [5.41, 5.74) is -0.264. The Labute approximate surface area is 88.7 Å². The number of aromatic carboxylic acids is 1. The average molecular weight is 223 g/mol. The molecular weight excluding hydrogens is 217 g/mol. The fourth-order valence-corrected chi connectivity index (χ4v) is 1.21. The van der Waals surface area contributed by atoms with E-state index in [0.29, 0.717) is 0 Å². The van der Waals surface area contributed by atoms with E-state index in [9.17, 15) is 9.18 Å². The van der Waals surface area contributed by atoms with Gasteiger partial charge in [0.25, 0.3) is 0 Å². The molecule has 2 rings (SSSR count). The molecule has 1 aromatic heterocycles. The molecule has 1 aromatic carbocycles. The number of carbonyl (C=O) groups is 1. The maximum Gasteiger partial charge on any atom is 0.358 e. The summed E-state index contributed by atoms with van der Waals surface area (Å²) in [7, 11) is 0. The molecule has 6 heteroatoms. The van der Waals surface area contributed by atoms with Crippen LogP contribution in [0.3, 0.4) is 0 Å². The van der Waals surface area contributed by atoms with E-state index in [0.717, 1.165) is 12.1 Å². The minimum atomic E-state index is -1.26. The third kappa shape index (κ3) is 1.72. The zero-order chi connectivity index (χ0) is 11.7. The molecule has 16 heavy (non-hydrogen) atoms. The highest BCUT2D eigenvalue weighted by Gasteiger charge is 2.15. The maximum absolute atomic E-state index is 13.4. The molecule has 1 heterocycles. The van der Waals surface area contributed by atoms with Crippen molar-refractivity contribution in [3.63, 3.8) is 0 Å². The number of hydrogen-bond acceptors (Lipinski definition) is 4. The van der Waals surface area contributed by atoms with Gasteiger partial charge in [-0.1, -0.05) is 5.16 Å². The number of carboxylic acid groups (broad SMARTS) is 1. The molecule has 0 fully saturated rings. The van der Waals surface area contributed by atoms with Gasteiger partial charge in [-0.05, 0) is 12.1 Å². The number of phenolic OH excluding ortho intramolecular Hbond substituents is 1. The van der Waals surface area contributed by atoms with Gasteiger partial charge in [-0.15, -0.1) is 0 Å². The second-order valence-corrected chi connectivity index (χ2v) is 3.05. The average Bonchev–Trinajstić information content (AvgIpc) is 2.66. The van der Waals surface area contributed by atoms with E-state index in [4.69, 9.17) is 10.2 Å². The van der Waals surface area contributed by atoms with Crippen molar-refractivity contribution in [3.8, 4) is 17.1 Å². The fraction of sp³-hybridized carbons (Fsp3) is 0. The second kappa shape index (κ2) is 3.65. The van der Waals surface area contributed by atoms with Crippen molar-refractivity contribution < 1.29 is 23.9 Å². The van der Waals surface area contributed by atoms with Crippen molar-refractivity contribution in [2.45, 2.75) is 0 Å². The van der Waals surface area contributed by atoms with E-state index >= 15 is 0 Å². The van der Waals surface area contributed by atoms with Gasteiger partial charge in [-0.2, -0.15) is 0 Å². The third-order valence-corrected chi connectivity index (χ3v) is 1.95. The molecule has 0 saturated heterocycles. The Hall–Kier alpha value is -2.37. The van der Waals surface area contributed by atoms with Crippen LogP contribution in [0.25, 0.3) is 11.3 Å². The van der Waals surface area contributed by atoms with Crippen molar-refractivity contribution in [3.05, 3.63) is 35.8 Å². The van der Waals surface area contributed by atoms with E-state index in [1.165, 1.54) is 12.1 Å². The topological polar surface area (TPSA) is 83.6 Å². The molecule has 82 valence electrons. The molecule has 2 N–H and O–H groups in total. The van der Waals surface area contributed by atoms with Gasteiger partial charge in [0.15, 0.2) is 11.5 Å². The van der Waals surface area contributed by atoms with E-state index in [1.807, 2.05) is 0 Å². The number of phenols is 1. The fourth-order valence-electron chi connectivity index (χ4n) is 1.21. The number of benzene rings is 1. The summed E-state index contributed by atoms with van der Waals surface area (Å²) in [4.78, 5) is 10.5. The Kier molecular flexibility index (Phi) is 2.32. The number of rotatable bonds is 2. The lowest BCUT2D eigenvalue weighted by atomic mass is 10.1. The van der Waals surface area contributed by atoms with Crippen LogP contribution in [0.15, 0.2) is 28.8 Å². The van der Waals surface area contributed by atoms with Crippen LogP contribution in [0.1, 0.15) is 10.5 Å². The van der Waals surface area contributed by atoms with Crippen molar-refractivity contribution in [2.75, 3.05) is 0 Å². The first kappa shape index (κ1) is 10.2. The molecule has 0 amide bonds. The smallest absolute Gasteiger partial charge is 0.358 e. The third-order valence-electron chi connectivity index (χ3n) is 1.95. The highest BCUT2D eigenvalue weighted by Crippen LogP contribution is 2.26. The lowest BCUT2D eigenvalue weighted by Crippen LogP contribution is -1.94. The Morgan fingerprint density at radius 2 is 2.12 bits per heavy atom. The van der Waals surface area contributed by atoms with Crippen LogP contribution in [-0.2, 0) is 0 Å². The Morgan fingerprint density at radius 1 is 1.38 bits per heavy atom. The Morgan fingerprint density at radius 3 is 2.69 bits per heavy atom. The van der Waals surface area contributed by atoms with E-state index in [1.54, 1.807) is 0 Å². The molecule has 2 aromatic rings. The number of nitrogens with zero attached hydrogens (tertiary/aromatic N) is 1. The summed E-state index contributed by atoms with van der Waals surface area (Å²) in [6, 6.07) is 4.55. The van der Waals surface area contributed by atoms with Gasteiger partial charge in [-0.25, -0.2) is 9.18 Å². The molecule has 0 aliphatic heterocycles. The molecule has 0 unspecified atom stereocenters. The summed E-state index contributed by atoms with van der Waals surface area (Å²) in [5.74, 6) is -2.20. The molecule has 0 aliphatic carbocycles. The summed E-state index contributed by atoms with van der Waals surface area (Å²) < 4.78 is 18.0.